The molecule has 0 spiro atoms. The molecule has 0 fully saturated rings. The zero-order valence-corrected chi connectivity index (χ0v) is 27.7. The highest BCUT2D eigenvalue weighted by Crippen LogP contribution is 2.46. The van der Waals surface area contributed by atoms with Crippen LogP contribution >= 0.6 is 0 Å². The molecule has 0 atom stereocenters. The van der Waals surface area contributed by atoms with Crippen molar-refractivity contribution in [3.63, 3.8) is 0 Å². The number of hydrogen-bond donors (Lipinski definition) is 0. The molecule has 0 aliphatic heterocycles. The highest BCUT2D eigenvalue weighted by Gasteiger charge is 2.18. The standard InChI is InChI=1S/C50H30O/c1-2-13-35-30-47-46(29-34(35)12-1)44-26-25-32-23-24-36(28-45(32)50(44)51-47)33-15-9-16-37(27-33)48-40-18-5-7-20-42(40)49(43-21-8-6-19-41(43)48)39-22-10-14-31-11-3-4-17-38(31)39/h1-30H. The van der Waals surface area contributed by atoms with Crippen molar-refractivity contribution < 1.29 is 4.42 Å². The third-order valence-corrected chi connectivity index (χ3v) is 10.8. The van der Waals surface area contributed by atoms with Gasteiger partial charge in [-0.05, 0) is 112 Å². The lowest BCUT2D eigenvalue weighted by Crippen LogP contribution is -1.92. The molecule has 11 rings (SSSR count). The minimum Gasteiger partial charge on any atom is -0.455 e. The van der Waals surface area contributed by atoms with Gasteiger partial charge in [-0.1, -0.05) is 152 Å². The summed E-state index contributed by atoms with van der Waals surface area (Å²) in [5, 5.41) is 14.6. The van der Waals surface area contributed by atoms with Gasteiger partial charge in [0.2, 0.25) is 0 Å². The van der Waals surface area contributed by atoms with Crippen molar-refractivity contribution in [1.82, 2.24) is 0 Å². The zero-order valence-electron chi connectivity index (χ0n) is 27.7. The van der Waals surface area contributed by atoms with Gasteiger partial charge in [-0.3, -0.25) is 0 Å². The second-order valence-corrected chi connectivity index (χ2v) is 13.6. The molecule has 1 heterocycles. The van der Waals surface area contributed by atoms with Gasteiger partial charge in [0.15, 0.2) is 0 Å². The van der Waals surface area contributed by atoms with Crippen molar-refractivity contribution in [2.24, 2.45) is 0 Å². The van der Waals surface area contributed by atoms with E-state index in [1.165, 1.54) is 81.9 Å². The second kappa shape index (κ2) is 10.9. The van der Waals surface area contributed by atoms with Gasteiger partial charge in [-0.2, -0.15) is 0 Å². The Morgan fingerprint density at radius 2 is 0.824 bits per heavy atom. The summed E-state index contributed by atoms with van der Waals surface area (Å²) in [6.45, 7) is 0. The van der Waals surface area contributed by atoms with Crippen LogP contribution in [0.15, 0.2) is 186 Å². The van der Waals surface area contributed by atoms with Gasteiger partial charge < -0.3 is 4.42 Å². The van der Waals surface area contributed by atoms with Crippen molar-refractivity contribution >= 4 is 75.8 Å². The molecule has 51 heavy (non-hydrogen) atoms. The first kappa shape index (κ1) is 28.2. The molecule has 1 nitrogen and oxygen atoms in total. The molecule has 0 saturated heterocycles. The lowest BCUT2D eigenvalue weighted by atomic mass is 9.84. The lowest BCUT2D eigenvalue weighted by molar-refractivity contribution is 0.673. The third kappa shape index (κ3) is 4.28. The van der Waals surface area contributed by atoms with Crippen molar-refractivity contribution in [2.45, 2.75) is 0 Å². The molecular formula is C50H30O. The highest BCUT2D eigenvalue weighted by molar-refractivity contribution is 6.24. The number of rotatable bonds is 3. The van der Waals surface area contributed by atoms with Crippen LogP contribution in [0.25, 0.3) is 109 Å². The van der Waals surface area contributed by atoms with E-state index in [9.17, 15) is 0 Å². The van der Waals surface area contributed by atoms with Crippen LogP contribution in [-0.2, 0) is 0 Å². The van der Waals surface area contributed by atoms with E-state index in [0.29, 0.717) is 0 Å². The van der Waals surface area contributed by atoms with Crippen LogP contribution in [0.5, 0.6) is 0 Å². The van der Waals surface area contributed by atoms with Gasteiger partial charge in [0.25, 0.3) is 0 Å². The first-order chi connectivity index (χ1) is 25.3. The van der Waals surface area contributed by atoms with E-state index in [4.69, 9.17) is 4.42 Å². The minimum absolute atomic E-state index is 0.925. The number of fused-ring (bicyclic) bond motifs is 9. The molecular weight excluding hydrogens is 617 g/mol. The van der Waals surface area contributed by atoms with Gasteiger partial charge in [0.05, 0.1) is 0 Å². The molecule has 0 radical (unpaired) electrons. The molecule has 0 aliphatic carbocycles. The maximum Gasteiger partial charge on any atom is 0.143 e. The molecule has 11 aromatic rings. The zero-order chi connectivity index (χ0) is 33.5. The van der Waals surface area contributed by atoms with E-state index in [0.717, 1.165) is 27.3 Å². The fourth-order valence-electron chi connectivity index (χ4n) is 8.45. The molecule has 0 unspecified atom stereocenters. The Hall–Kier alpha value is -6.70. The fraction of sp³-hybridized carbons (Fsp3) is 0. The van der Waals surface area contributed by atoms with E-state index >= 15 is 0 Å². The van der Waals surface area contributed by atoms with Crippen LogP contribution in [0, 0.1) is 0 Å². The fourth-order valence-corrected chi connectivity index (χ4v) is 8.45. The Kier molecular flexibility index (Phi) is 6.02. The van der Waals surface area contributed by atoms with E-state index in [1.807, 2.05) is 0 Å². The molecule has 0 saturated carbocycles. The number of benzene rings is 10. The maximum absolute atomic E-state index is 6.63. The molecule has 0 bridgehead atoms. The number of hydrogen-bond acceptors (Lipinski definition) is 1. The van der Waals surface area contributed by atoms with E-state index in [-0.39, 0.29) is 0 Å². The van der Waals surface area contributed by atoms with Crippen molar-refractivity contribution in [2.75, 3.05) is 0 Å². The van der Waals surface area contributed by atoms with Crippen LogP contribution in [0.1, 0.15) is 0 Å². The van der Waals surface area contributed by atoms with Crippen LogP contribution in [0.4, 0.5) is 0 Å². The Labute approximate surface area is 294 Å². The van der Waals surface area contributed by atoms with Crippen LogP contribution in [0.3, 0.4) is 0 Å². The van der Waals surface area contributed by atoms with Crippen LogP contribution in [0.2, 0.25) is 0 Å². The summed E-state index contributed by atoms with van der Waals surface area (Å²) >= 11 is 0. The smallest absolute Gasteiger partial charge is 0.143 e. The number of furan rings is 1. The summed E-state index contributed by atoms with van der Waals surface area (Å²) in [7, 11) is 0. The van der Waals surface area contributed by atoms with E-state index in [1.54, 1.807) is 0 Å². The molecule has 0 aliphatic rings. The first-order valence-electron chi connectivity index (χ1n) is 17.6. The Bertz CT molecular complexity index is 3130. The molecule has 0 amide bonds. The Morgan fingerprint density at radius 1 is 0.275 bits per heavy atom. The predicted octanol–water partition coefficient (Wildman–Crippen LogP) is 14.4. The summed E-state index contributed by atoms with van der Waals surface area (Å²) in [5.41, 5.74) is 9.24. The quantitative estimate of drug-likeness (QED) is 0.174. The third-order valence-electron chi connectivity index (χ3n) is 10.8. The Morgan fingerprint density at radius 3 is 1.59 bits per heavy atom. The van der Waals surface area contributed by atoms with Crippen LogP contribution in [-0.4, -0.2) is 0 Å². The summed E-state index contributed by atoms with van der Waals surface area (Å²) in [5.74, 6) is 0. The maximum atomic E-state index is 6.63. The largest absolute Gasteiger partial charge is 0.455 e. The molecule has 236 valence electrons. The predicted molar refractivity (Wildman–Crippen MR) is 218 cm³/mol. The summed E-state index contributed by atoms with van der Waals surface area (Å²) in [4.78, 5) is 0. The summed E-state index contributed by atoms with van der Waals surface area (Å²) < 4.78 is 6.63. The normalized spacial score (nSPS) is 11.9. The summed E-state index contributed by atoms with van der Waals surface area (Å²) in [6.07, 6.45) is 0. The lowest BCUT2D eigenvalue weighted by Gasteiger charge is -2.19. The average molecular weight is 647 g/mol. The van der Waals surface area contributed by atoms with E-state index < -0.39 is 0 Å². The monoisotopic (exact) mass is 646 g/mol. The molecule has 1 heteroatoms. The Balaban J connectivity index is 1.12. The molecule has 1 aromatic heterocycles. The van der Waals surface area contributed by atoms with Gasteiger partial charge in [-0.15, -0.1) is 0 Å². The van der Waals surface area contributed by atoms with Crippen molar-refractivity contribution in [1.29, 1.82) is 0 Å². The summed E-state index contributed by atoms with van der Waals surface area (Å²) in [6, 6.07) is 66.4. The minimum atomic E-state index is 0.925. The van der Waals surface area contributed by atoms with Gasteiger partial charge in [-0.25, -0.2) is 0 Å². The van der Waals surface area contributed by atoms with Crippen molar-refractivity contribution in [3.8, 4) is 33.4 Å². The van der Waals surface area contributed by atoms with Crippen molar-refractivity contribution in [3.05, 3.63) is 182 Å². The first-order valence-corrected chi connectivity index (χ1v) is 17.6. The van der Waals surface area contributed by atoms with Gasteiger partial charge >= 0.3 is 0 Å². The second-order valence-electron chi connectivity index (χ2n) is 13.6. The molecule has 0 N–H and O–H groups in total. The molecule has 10 aromatic carbocycles. The van der Waals surface area contributed by atoms with Crippen LogP contribution < -0.4 is 0 Å². The SMILES string of the molecule is c1cc(-c2ccc3ccc4c5cc6ccccc6cc5oc4c3c2)cc(-c2c3ccccc3c(-c3cccc4ccccc34)c3ccccc23)c1. The van der Waals surface area contributed by atoms with E-state index in [2.05, 4.69) is 182 Å². The van der Waals surface area contributed by atoms with Gasteiger partial charge in [0.1, 0.15) is 11.2 Å². The highest BCUT2D eigenvalue weighted by atomic mass is 16.3. The average Bonchev–Trinajstić information content (AvgIpc) is 3.56. The topological polar surface area (TPSA) is 13.1 Å². The van der Waals surface area contributed by atoms with Gasteiger partial charge in [0, 0.05) is 16.2 Å².